The van der Waals surface area contributed by atoms with Gasteiger partial charge in [0.2, 0.25) is 0 Å². The van der Waals surface area contributed by atoms with Crippen LogP contribution in [0, 0.1) is 19.7 Å². The number of halogens is 1. The number of benzene rings is 8. The SMILES string of the molecule is Cc1ccc2c(c1)N(c1ccc([Si](c3ccccc3)(c3ccccc3)c3ccccc3)cc1F)c1cc(C)cc3c1B2c1cc(C(C)(C)C)ccc1N3c1ccc(C(C)(C)C)cc1. The molecule has 2 aliphatic heterocycles. The molecule has 5 heteroatoms. The van der Waals surface area contributed by atoms with E-state index < -0.39 is 8.07 Å². The van der Waals surface area contributed by atoms with Gasteiger partial charge >= 0.3 is 0 Å². The van der Waals surface area contributed by atoms with Crippen molar-refractivity contribution in [1.29, 1.82) is 0 Å². The van der Waals surface area contributed by atoms with Crippen molar-refractivity contribution in [3.63, 3.8) is 0 Å². The summed E-state index contributed by atoms with van der Waals surface area (Å²) in [6.45, 7) is 17.9. The summed E-state index contributed by atoms with van der Waals surface area (Å²) in [6, 6.07) is 66.0. The second kappa shape index (κ2) is 15.1. The third-order valence-electron chi connectivity index (χ3n) is 13.5. The Morgan fingerprint density at radius 1 is 0.413 bits per heavy atom. The number of hydrogen-bond acceptors (Lipinski definition) is 2. The zero-order valence-electron chi connectivity index (χ0n) is 37.7. The normalized spacial score (nSPS) is 13.4. The molecule has 310 valence electrons. The van der Waals surface area contributed by atoms with E-state index in [0.29, 0.717) is 5.69 Å². The number of fused-ring (bicyclic) bond motifs is 4. The first-order valence-corrected chi connectivity index (χ1v) is 24.3. The van der Waals surface area contributed by atoms with E-state index in [2.05, 4.69) is 241 Å². The van der Waals surface area contributed by atoms with Gasteiger partial charge in [-0.1, -0.05) is 175 Å². The van der Waals surface area contributed by atoms with E-state index in [1.54, 1.807) is 0 Å². The summed E-state index contributed by atoms with van der Waals surface area (Å²) in [7, 11) is -2.97. The Balaban J connectivity index is 1.23. The largest absolute Gasteiger partial charge is 0.311 e. The predicted molar refractivity (Wildman–Crippen MR) is 271 cm³/mol. The van der Waals surface area contributed by atoms with Gasteiger partial charge in [0.1, 0.15) is 5.82 Å². The summed E-state index contributed by atoms with van der Waals surface area (Å²) in [5, 5.41) is 4.65. The summed E-state index contributed by atoms with van der Waals surface area (Å²) in [5.41, 5.74) is 14.5. The summed E-state index contributed by atoms with van der Waals surface area (Å²) >= 11 is 0. The van der Waals surface area contributed by atoms with Crippen molar-refractivity contribution in [2.75, 3.05) is 9.80 Å². The fraction of sp³-hybridized carbons (Fsp3) is 0.172. The van der Waals surface area contributed by atoms with Crippen LogP contribution in [0.3, 0.4) is 0 Å². The lowest BCUT2D eigenvalue weighted by Crippen LogP contribution is -2.74. The average Bonchev–Trinajstić information content (AvgIpc) is 3.27. The van der Waals surface area contributed by atoms with E-state index in [4.69, 9.17) is 0 Å². The Morgan fingerprint density at radius 2 is 0.921 bits per heavy atom. The topological polar surface area (TPSA) is 6.48 Å². The molecule has 2 aliphatic rings. The van der Waals surface area contributed by atoms with E-state index >= 15 is 4.39 Å². The molecule has 0 radical (unpaired) electrons. The molecule has 0 N–H and O–H groups in total. The molecule has 10 rings (SSSR count). The van der Waals surface area contributed by atoms with Crippen LogP contribution in [0.2, 0.25) is 0 Å². The highest BCUT2D eigenvalue weighted by molar-refractivity contribution is 7.19. The molecule has 0 bridgehead atoms. The lowest BCUT2D eigenvalue weighted by atomic mass is 9.33. The predicted octanol–water partition coefficient (Wildman–Crippen LogP) is 10.5. The van der Waals surface area contributed by atoms with Crippen LogP contribution in [0.25, 0.3) is 0 Å². The zero-order valence-corrected chi connectivity index (χ0v) is 38.7. The van der Waals surface area contributed by atoms with Crippen LogP contribution in [0.5, 0.6) is 0 Å². The molecular formula is C58H54BFN2Si. The summed E-state index contributed by atoms with van der Waals surface area (Å²) < 4.78 is 18.1. The van der Waals surface area contributed by atoms with Crippen molar-refractivity contribution >= 4 is 86.0 Å². The molecule has 0 saturated heterocycles. The van der Waals surface area contributed by atoms with E-state index in [1.165, 1.54) is 48.8 Å². The summed E-state index contributed by atoms with van der Waals surface area (Å²) in [4.78, 5) is 4.67. The van der Waals surface area contributed by atoms with Gasteiger partial charge in [-0.05, 0) is 133 Å². The Labute approximate surface area is 374 Å². The van der Waals surface area contributed by atoms with Crippen LogP contribution in [-0.2, 0) is 10.8 Å². The van der Waals surface area contributed by atoms with Crippen molar-refractivity contribution in [2.45, 2.75) is 66.2 Å². The number of hydrogen-bond donors (Lipinski definition) is 0. The highest BCUT2D eigenvalue weighted by Crippen LogP contribution is 2.46. The Kier molecular flexibility index (Phi) is 9.76. The van der Waals surface area contributed by atoms with Crippen molar-refractivity contribution in [3.8, 4) is 0 Å². The number of nitrogens with zero attached hydrogens (tertiary/aromatic N) is 2. The molecule has 0 atom stereocenters. The van der Waals surface area contributed by atoms with Gasteiger partial charge in [0.05, 0.1) is 5.69 Å². The first kappa shape index (κ1) is 40.6. The Morgan fingerprint density at radius 3 is 1.46 bits per heavy atom. The molecule has 2 heterocycles. The number of rotatable bonds is 6. The van der Waals surface area contributed by atoms with Crippen molar-refractivity contribution in [3.05, 3.63) is 210 Å². The minimum atomic E-state index is -2.97. The molecular weight excluding hydrogens is 783 g/mol. The lowest BCUT2D eigenvalue weighted by molar-refractivity contribution is 0.590. The average molecular weight is 837 g/mol. The van der Waals surface area contributed by atoms with Crippen LogP contribution >= 0.6 is 0 Å². The van der Waals surface area contributed by atoms with Crippen molar-refractivity contribution in [1.82, 2.24) is 0 Å². The molecule has 63 heavy (non-hydrogen) atoms. The molecule has 0 amide bonds. The molecule has 8 aromatic rings. The maximum atomic E-state index is 18.1. The van der Waals surface area contributed by atoms with Gasteiger partial charge in [0.25, 0.3) is 6.71 Å². The van der Waals surface area contributed by atoms with E-state index in [0.717, 1.165) is 39.1 Å². The molecule has 0 aromatic heterocycles. The van der Waals surface area contributed by atoms with Gasteiger partial charge in [-0.15, -0.1) is 0 Å². The van der Waals surface area contributed by atoms with Gasteiger partial charge in [0, 0.05) is 28.4 Å². The van der Waals surface area contributed by atoms with E-state index in [1.807, 2.05) is 6.07 Å². The maximum absolute atomic E-state index is 18.1. The Bertz CT molecular complexity index is 2910. The molecule has 0 spiro atoms. The smallest absolute Gasteiger partial charge is 0.252 e. The fourth-order valence-electron chi connectivity index (χ4n) is 10.3. The highest BCUT2D eigenvalue weighted by atomic mass is 28.3. The van der Waals surface area contributed by atoms with Crippen LogP contribution in [-0.4, -0.2) is 14.8 Å². The second-order valence-corrected chi connectivity index (χ2v) is 23.5. The van der Waals surface area contributed by atoms with E-state index in [9.17, 15) is 0 Å². The molecule has 0 aliphatic carbocycles. The van der Waals surface area contributed by atoms with Crippen molar-refractivity contribution < 1.29 is 4.39 Å². The van der Waals surface area contributed by atoms with Crippen LogP contribution in [0.4, 0.5) is 38.5 Å². The molecule has 0 fully saturated rings. The second-order valence-electron chi connectivity index (χ2n) is 19.7. The molecule has 0 unspecified atom stereocenters. The van der Waals surface area contributed by atoms with Crippen LogP contribution < -0.4 is 46.9 Å². The quantitative estimate of drug-likeness (QED) is 0.122. The summed E-state index contributed by atoms with van der Waals surface area (Å²) in [5.74, 6) is -0.241. The summed E-state index contributed by atoms with van der Waals surface area (Å²) in [6.07, 6.45) is 0. The van der Waals surface area contributed by atoms with Crippen LogP contribution in [0.1, 0.15) is 63.8 Å². The number of aryl methyl sites for hydroxylation is 2. The first-order chi connectivity index (χ1) is 30.2. The first-order valence-electron chi connectivity index (χ1n) is 22.3. The number of anilines is 6. The molecule has 2 nitrogen and oxygen atoms in total. The monoisotopic (exact) mass is 836 g/mol. The van der Waals surface area contributed by atoms with E-state index in [-0.39, 0.29) is 23.4 Å². The van der Waals surface area contributed by atoms with Gasteiger partial charge < -0.3 is 9.80 Å². The Hall–Kier alpha value is -6.43. The minimum Gasteiger partial charge on any atom is -0.311 e. The maximum Gasteiger partial charge on any atom is 0.252 e. The van der Waals surface area contributed by atoms with Gasteiger partial charge in [-0.25, -0.2) is 4.39 Å². The van der Waals surface area contributed by atoms with Gasteiger partial charge in [-0.3, -0.25) is 0 Å². The molecule has 0 saturated carbocycles. The standard InChI is InChI=1S/C58H54BFN2Si/c1-39-24-31-48-53(34-39)62(52-33-30-47(38-50(52)60)63(44-18-12-9-13-19-44,45-20-14-10-15-21-45)46-22-16-11-17-23-46)55-36-40(2)35-54-56(55)59(48)49-37-42(58(6,7)8)27-32-51(49)61(54)43-28-25-41(26-29-43)57(3,4)5/h9-38H,1-8H3. The third kappa shape index (κ3) is 6.68. The fourth-order valence-corrected chi connectivity index (χ4v) is 15.1. The van der Waals surface area contributed by atoms with Crippen molar-refractivity contribution in [2.24, 2.45) is 0 Å². The third-order valence-corrected chi connectivity index (χ3v) is 18.2. The van der Waals surface area contributed by atoms with Gasteiger partial charge in [0.15, 0.2) is 8.07 Å². The zero-order chi connectivity index (χ0) is 43.8. The van der Waals surface area contributed by atoms with Gasteiger partial charge in [-0.2, -0.15) is 0 Å². The minimum absolute atomic E-state index is 0.0287. The van der Waals surface area contributed by atoms with Crippen LogP contribution in [0.15, 0.2) is 182 Å². The molecule has 8 aromatic carbocycles. The lowest BCUT2D eigenvalue weighted by Gasteiger charge is -2.45. The highest BCUT2D eigenvalue weighted by Gasteiger charge is 2.46.